The molecule has 4 nitrogen and oxygen atoms in total. The zero-order valence-corrected chi connectivity index (χ0v) is 10.7. The zero-order chi connectivity index (χ0) is 13.8. The molecule has 2 unspecified atom stereocenters. The molecule has 0 saturated heterocycles. The molecule has 0 heterocycles. The van der Waals surface area contributed by atoms with Crippen molar-refractivity contribution in [3.63, 3.8) is 0 Å². The highest BCUT2D eigenvalue weighted by Crippen LogP contribution is 2.27. The van der Waals surface area contributed by atoms with Crippen LogP contribution in [-0.2, 0) is 0 Å². The molecule has 4 N–H and O–H groups in total. The molecular weight excluding hydrogens is 247 g/mol. The average molecular weight is 266 g/mol. The van der Waals surface area contributed by atoms with E-state index < -0.39 is 11.8 Å². The van der Waals surface area contributed by atoms with E-state index in [1.807, 2.05) is 0 Å². The molecular formula is C14H19FN2O2. The summed E-state index contributed by atoms with van der Waals surface area (Å²) < 4.78 is 13.3. The van der Waals surface area contributed by atoms with Gasteiger partial charge in [0.15, 0.2) is 0 Å². The molecule has 0 aromatic heterocycles. The van der Waals surface area contributed by atoms with Crippen molar-refractivity contribution in [2.45, 2.75) is 31.7 Å². The van der Waals surface area contributed by atoms with Gasteiger partial charge in [-0.25, -0.2) is 9.18 Å². The third-order valence-corrected chi connectivity index (χ3v) is 3.76. The van der Waals surface area contributed by atoms with E-state index in [4.69, 9.17) is 10.8 Å². The monoisotopic (exact) mass is 266 g/mol. The van der Waals surface area contributed by atoms with Crippen LogP contribution in [0.5, 0.6) is 0 Å². The van der Waals surface area contributed by atoms with Crippen molar-refractivity contribution in [1.82, 2.24) is 0 Å². The van der Waals surface area contributed by atoms with Crippen LogP contribution in [0.3, 0.4) is 0 Å². The summed E-state index contributed by atoms with van der Waals surface area (Å²) in [6.45, 7) is 0.616. The van der Waals surface area contributed by atoms with Crippen LogP contribution in [0.2, 0.25) is 0 Å². The van der Waals surface area contributed by atoms with Gasteiger partial charge in [0.25, 0.3) is 0 Å². The lowest BCUT2D eigenvalue weighted by atomic mass is 9.84. The number of aromatic carboxylic acids is 1. The van der Waals surface area contributed by atoms with Crippen molar-refractivity contribution >= 4 is 11.7 Å². The van der Waals surface area contributed by atoms with E-state index in [2.05, 4.69) is 5.32 Å². The highest BCUT2D eigenvalue weighted by Gasteiger charge is 2.24. The van der Waals surface area contributed by atoms with Gasteiger partial charge in [-0.2, -0.15) is 0 Å². The molecule has 104 valence electrons. The summed E-state index contributed by atoms with van der Waals surface area (Å²) in [5.74, 6) is -1.57. The Morgan fingerprint density at radius 3 is 2.84 bits per heavy atom. The first-order valence-electron chi connectivity index (χ1n) is 6.61. The maximum atomic E-state index is 13.3. The lowest BCUT2D eigenvalue weighted by Crippen LogP contribution is -2.36. The molecule has 0 spiro atoms. The average Bonchev–Trinajstić information content (AvgIpc) is 2.41. The van der Waals surface area contributed by atoms with Crippen LogP contribution in [0.25, 0.3) is 0 Å². The normalized spacial score (nSPS) is 23.1. The van der Waals surface area contributed by atoms with Gasteiger partial charge in [-0.05, 0) is 43.5 Å². The summed E-state index contributed by atoms with van der Waals surface area (Å²) in [5.41, 5.74) is 6.10. The number of nitrogens with one attached hydrogen (secondary N) is 1. The van der Waals surface area contributed by atoms with E-state index in [1.165, 1.54) is 18.6 Å². The number of halogens is 1. The molecule has 1 saturated carbocycles. The van der Waals surface area contributed by atoms with Gasteiger partial charge < -0.3 is 16.2 Å². The van der Waals surface area contributed by atoms with Crippen molar-refractivity contribution in [3.05, 3.63) is 29.6 Å². The van der Waals surface area contributed by atoms with Gasteiger partial charge in [0.05, 0.1) is 5.56 Å². The fourth-order valence-electron chi connectivity index (χ4n) is 2.67. The number of nitrogens with two attached hydrogens (primary N) is 1. The molecule has 19 heavy (non-hydrogen) atoms. The minimum atomic E-state index is -1.25. The largest absolute Gasteiger partial charge is 0.478 e. The van der Waals surface area contributed by atoms with Crippen molar-refractivity contribution < 1.29 is 14.3 Å². The summed E-state index contributed by atoms with van der Waals surface area (Å²) in [6.07, 6.45) is 4.42. The van der Waals surface area contributed by atoms with E-state index in [-0.39, 0.29) is 11.6 Å². The van der Waals surface area contributed by atoms with Gasteiger partial charge in [0.2, 0.25) is 0 Å². The first-order chi connectivity index (χ1) is 9.11. The predicted octanol–water partition coefficient (Wildman–Crippen LogP) is 2.45. The van der Waals surface area contributed by atoms with Crippen LogP contribution in [0.15, 0.2) is 18.2 Å². The quantitative estimate of drug-likeness (QED) is 0.782. The smallest absolute Gasteiger partial charge is 0.338 e. The lowest BCUT2D eigenvalue weighted by molar-refractivity contribution is 0.0692. The SMILES string of the molecule is NCC1CCCCC1Nc1ccc(F)c(C(=O)O)c1. The first kappa shape index (κ1) is 13.8. The van der Waals surface area contributed by atoms with Crippen LogP contribution in [0, 0.1) is 11.7 Å². The van der Waals surface area contributed by atoms with Crippen LogP contribution >= 0.6 is 0 Å². The molecule has 0 bridgehead atoms. The van der Waals surface area contributed by atoms with Gasteiger partial charge in [-0.1, -0.05) is 12.8 Å². The number of benzene rings is 1. The molecule has 2 rings (SSSR count). The number of hydrogen-bond donors (Lipinski definition) is 3. The highest BCUT2D eigenvalue weighted by atomic mass is 19.1. The van der Waals surface area contributed by atoms with Gasteiger partial charge in [-0.3, -0.25) is 0 Å². The fraction of sp³-hybridized carbons (Fsp3) is 0.500. The molecule has 1 aliphatic carbocycles. The van der Waals surface area contributed by atoms with E-state index in [1.54, 1.807) is 6.07 Å². The van der Waals surface area contributed by atoms with Crippen LogP contribution in [0.4, 0.5) is 10.1 Å². The topological polar surface area (TPSA) is 75.3 Å². The second-order valence-corrected chi connectivity index (χ2v) is 5.03. The van der Waals surface area contributed by atoms with Gasteiger partial charge in [0, 0.05) is 11.7 Å². The molecule has 0 radical (unpaired) electrons. The fourth-order valence-corrected chi connectivity index (χ4v) is 2.67. The van der Waals surface area contributed by atoms with E-state index in [9.17, 15) is 9.18 Å². The molecule has 5 heteroatoms. The third-order valence-electron chi connectivity index (χ3n) is 3.76. The first-order valence-corrected chi connectivity index (χ1v) is 6.61. The summed E-state index contributed by atoms with van der Waals surface area (Å²) in [7, 11) is 0. The standard InChI is InChI=1S/C14H19FN2O2/c15-12-6-5-10(7-11(12)14(18)19)17-13-4-2-1-3-9(13)8-16/h5-7,9,13,17H,1-4,8,16H2,(H,18,19). The molecule has 0 aliphatic heterocycles. The second kappa shape index (κ2) is 6.02. The molecule has 1 aromatic carbocycles. The number of anilines is 1. The Bertz CT molecular complexity index is 465. The Kier molecular flexibility index (Phi) is 4.37. The number of carboxylic acid groups (broad SMARTS) is 1. The van der Waals surface area contributed by atoms with Gasteiger partial charge >= 0.3 is 5.97 Å². The third kappa shape index (κ3) is 3.23. The molecule has 1 aliphatic rings. The minimum absolute atomic E-state index is 0.242. The summed E-state index contributed by atoms with van der Waals surface area (Å²) in [6, 6.07) is 4.35. The highest BCUT2D eigenvalue weighted by molar-refractivity contribution is 5.89. The maximum absolute atomic E-state index is 13.3. The Morgan fingerprint density at radius 2 is 2.16 bits per heavy atom. The van der Waals surface area contributed by atoms with Crippen molar-refractivity contribution in [2.24, 2.45) is 11.7 Å². The van der Waals surface area contributed by atoms with Gasteiger partial charge in [-0.15, -0.1) is 0 Å². The summed E-state index contributed by atoms with van der Waals surface area (Å²) >= 11 is 0. The molecule has 1 fully saturated rings. The van der Waals surface area contributed by atoms with E-state index in [0.29, 0.717) is 18.2 Å². The number of carbonyl (C=O) groups is 1. The summed E-state index contributed by atoms with van der Waals surface area (Å²) in [4.78, 5) is 10.9. The second-order valence-electron chi connectivity index (χ2n) is 5.03. The Balaban J connectivity index is 2.14. The molecule has 1 aromatic rings. The van der Waals surface area contributed by atoms with Crippen molar-refractivity contribution in [3.8, 4) is 0 Å². The number of carboxylic acids is 1. The van der Waals surface area contributed by atoms with Crippen LogP contribution in [-0.4, -0.2) is 23.7 Å². The Hall–Kier alpha value is -1.62. The van der Waals surface area contributed by atoms with Crippen molar-refractivity contribution in [1.29, 1.82) is 0 Å². The Morgan fingerprint density at radius 1 is 1.42 bits per heavy atom. The van der Waals surface area contributed by atoms with E-state index in [0.717, 1.165) is 19.3 Å². The minimum Gasteiger partial charge on any atom is -0.478 e. The molecule has 2 atom stereocenters. The molecule has 0 amide bonds. The Labute approximate surface area is 111 Å². The zero-order valence-electron chi connectivity index (χ0n) is 10.7. The van der Waals surface area contributed by atoms with Crippen LogP contribution < -0.4 is 11.1 Å². The van der Waals surface area contributed by atoms with E-state index >= 15 is 0 Å². The predicted molar refractivity (Wildman–Crippen MR) is 71.8 cm³/mol. The lowest BCUT2D eigenvalue weighted by Gasteiger charge is -2.32. The number of rotatable bonds is 4. The maximum Gasteiger partial charge on any atom is 0.338 e. The van der Waals surface area contributed by atoms with Crippen LogP contribution in [0.1, 0.15) is 36.0 Å². The van der Waals surface area contributed by atoms with Crippen molar-refractivity contribution in [2.75, 3.05) is 11.9 Å². The van der Waals surface area contributed by atoms with Gasteiger partial charge in [0.1, 0.15) is 5.82 Å². The number of hydrogen-bond acceptors (Lipinski definition) is 3. The summed E-state index contributed by atoms with van der Waals surface area (Å²) in [5, 5.41) is 12.2.